The van der Waals surface area contributed by atoms with Crippen LogP contribution in [0.2, 0.25) is 0 Å². The van der Waals surface area contributed by atoms with Crippen molar-refractivity contribution in [1.82, 2.24) is 0 Å². The van der Waals surface area contributed by atoms with Gasteiger partial charge < -0.3 is 5.32 Å². The molecule has 0 bridgehead atoms. The van der Waals surface area contributed by atoms with Crippen LogP contribution < -0.4 is 5.32 Å². The minimum absolute atomic E-state index is 0.0456. The van der Waals surface area contributed by atoms with Crippen LogP contribution in [0.3, 0.4) is 0 Å². The van der Waals surface area contributed by atoms with Gasteiger partial charge >= 0.3 is 0 Å². The third-order valence-corrected chi connectivity index (χ3v) is 2.50. The van der Waals surface area contributed by atoms with Crippen molar-refractivity contribution in [1.29, 1.82) is 0 Å². The van der Waals surface area contributed by atoms with Crippen LogP contribution in [0.4, 0.5) is 5.69 Å². The molecule has 0 fully saturated rings. The highest BCUT2D eigenvalue weighted by atomic mass is 32.1. The van der Waals surface area contributed by atoms with Crippen LogP contribution >= 0.6 is 11.3 Å². The molecule has 0 aliphatic heterocycles. The number of hydrogen-bond acceptors (Lipinski definition) is 2. The van der Waals surface area contributed by atoms with E-state index in [-0.39, 0.29) is 11.8 Å². The minimum Gasteiger partial charge on any atom is -0.325 e. The van der Waals surface area contributed by atoms with Crippen LogP contribution in [0.1, 0.15) is 19.4 Å². The lowest BCUT2D eigenvalue weighted by molar-refractivity contribution is -0.118. The van der Waals surface area contributed by atoms with Crippen LogP contribution in [0, 0.1) is 12.8 Å². The number of amides is 1. The molecule has 1 N–H and O–H groups in total. The summed E-state index contributed by atoms with van der Waals surface area (Å²) in [5.41, 5.74) is 2.08. The Morgan fingerprint density at radius 3 is 2.58 bits per heavy atom. The van der Waals surface area contributed by atoms with Crippen molar-refractivity contribution >= 4 is 22.9 Å². The zero-order valence-corrected chi connectivity index (χ0v) is 8.37. The summed E-state index contributed by atoms with van der Waals surface area (Å²) in [4.78, 5) is 11.3. The Balaban J connectivity index is 2.64. The molecule has 1 amide bonds. The van der Waals surface area contributed by atoms with Crippen LogP contribution in [0.5, 0.6) is 0 Å². The summed E-state index contributed by atoms with van der Waals surface area (Å²) in [6.45, 7) is 5.76. The average molecular weight is 183 g/mol. The van der Waals surface area contributed by atoms with E-state index in [1.807, 2.05) is 31.5 Å². The number of anilines is 1. The number of carbonyl (C=O) groups excluding carboxylic acids is 1. The van der Waals surface area contributed by atoms with E-state index >= 15 is 0 Å². The highest BCUT2D eigenvalue weighted by molar-refractivity contribution is 7.08. The Morgan fingerprint density at radius 1 is 1.50 bits per heavy atom. The zero-order chi connectivity index (χ0) is 9.14. The van der Waals surface area contributed by atoms with Gasteiger partial charge in [-0.05, 0) is 17.9 Å². The molecule has 0 aliphatic carbocycles. The van der Waals surface area contributed by atoms with Gasteiger partial charge in [0.25, 0.3) is 0 Å². The van der Waals surface area contributed by atoms with E-state index in [2.05, 4.69) is 5.32 Å². The van der Waals surface area contributed by atoms with Crippen molar-refractivity contribution in [3.8, 4) is 0 Å². The molecule has 1 rings (SSSR count). The van der Waals surface area contributed by atoms with Crippen LogP contribution in [-0.4, -0.2) is 5.91 Å². The number of thiophene rings is 1. The van der Waals surface area contributed by atoms with Crippen LogP contribution in [-0.2, 0) is 4.79 Å². The number of nitrogens with one attached hydrogen (secondary N) is 1. The summed E-state index contributed by atoms with van der Waals surface area (Å²) in [6, 6.07) is 0. The van der Waals surface area contributed by atoms with Crippen molar-refractivity contribution < 1.29 is 4.79 Å². The molecule has 0 aliphatic rings. The molecule has 0 aromatic carbocycles. The lowest BCUT2D eigenvalue weighted by atomic mass is 10.2. The fraction of sp³-hybridized carbons (Fsp3) is 0.444. The summed E-state index contributed by atoms with van der Waals surface area (Å²) < 4.78 is 0. The predicted octanol–water partition coefficient (Wildman–Crippen LogP) is 2.65. The molecule has 0 radical (unpaired) electrons. The fourth-order valence-electron chi connectivity index (χ4n) is 0.766. The molecular formula is C9H13NOS. The maximum atomic E-state index is 11.3. The quantitative estimate of drug-likeness (QED) is 0.750. The standard InChI is InChI=1S/C9H13NOS/c1-6(2)9(11)10-8-5-12-4-7(8)3/h4-6H,1-3H3,(H,10,11). The second-order valence-corrected chi connectivity index (χ2v) is 3.86. The first kappa shape index (κ1) is 9.26. The van der Waals surface area contributed by atoms with Gasteiger partial charge in [0, 0.05) is 11.3 Å². The lowest BCUT2D eigenvalue weighted by Gasteiger charge is -2.06. The molecule has 66 valence electrons. The van der Waals surface area contributed by atoms with Gasteiger partial charge in [0.1, 0.15) is 0 Å². The van der Waals surface area contributed by atoms with E-state index in [9.17, 15) is 4.79 Å². The predicted molar refractivity (Wildman–Crippen MR) is 52.5 cm³/mol. The molecule has 0 saturated heterocycles. The molecule has 3 heteroatoms. The Kier molecular flexibility index (Phi) is 2.87. The summed E-state index contributed by atoms with van der Waals surface area (Å²) in [5.74, 6) is 0.126. The van der Waals surface area contributed by atoms with Gasteiger partial charge in [-0.25, -0.2) is 0 Å². The summed E-state index contributed by atoms with van der Waals surface area (Å²) in [5, 5.41) is 6.84. The van der Waals surface area contributed by atoms with Gasteiger partial charge in [0.05, 0.1) is 5.69 Å². The van der Waals surface area contributed by atoms with E-state index < -0.39 is 0 Å². The Morgan fingerprint density at radius 2 is 2.17 bits per heavy atom. The molecule has 0 spiro atoms. The van der Waals surface area contributed by atoms with Crippen molar-refractivity contribution in [3.63, 3.8) is 0 Å². The van der Waals surface area contributed by atoms with E-state index in [1.165, 1.54) is 0 Å². The van der Waals surface area contributed by atoms with Gasteiger partial charge in [0.15, 0.2) is 0 Å². The monoisotopic (exact) mass is 183 g/mol. The van der Waals surface area contributed by atoms with E-state index in [4.69, 9.17) is 0 Å². The van der Waals surface area contributed by atoms with Gasteiger partial charge in [-0.3, -0.25) is 4.79 Å². The van der Waals surface area contributed by atoms with Crippen molar-refractivity contribution in [3.05, 3.63) is 16.3 Å². The number of carbonyl (C=O) groups is 1. The molecule has 1 heterocycles. The largest absolute Gasteiger partial charge is 0.325 e. The van der Waals surface area contributed by atoms with Gasteiger partial charge in [-0.1, -0.05) is 13.8 Å². The third-order valence-electron chi connectivity index (χ3n) is 1.64. The number of aryl methyl sites for hydroxylation is 1. The van der Waals surface area contributed by atoms with Crippen molar-refractivity contribution in [2.24, 2.45) is 5.92 Å². The maximum absolute atomic E-state index is 11.3. The topological polar surface area (TPSA) is 29.1 Å². The molecule has 0 atom stereocenters. The number of hydrogen-bond donors (Lipinski definition) is 1. The van der Waals surface area contributed by atoms with Gasteiger partial charge in [-0.15, -0.1) is 11.3 Å². The second-order valence-electron chi connectivity index (χ2n) is 3.11. The Hall–Kier alpha value is -0.830. The highest BCUT2D eigenvalue weighted by Crippen LogP contribution is 2.19. The maximum Gasteiger partial charge on any atom is 0.226 e. The second kappa shape index (κ2) is 3.72. The lowest BCUT2D eigenvalue weighted by Crippen LogP contribution is -2.17. The first-order valence-electron chi connectivity index (χ1n) is 3.95. The SMILES string of the molecule is Cc1cscc1NC(=O)C(C)C. The Bertz CT molecular complexity index is 278. The first-order chi connectivity index (χ1) is 5.61. The molecule has 0 unspecified atom stereocenters. The molecule has 1 aromatic heterocycles. The van der Waals surface area contributed by atoms with E-state index in [1.54, 1.807) is 11.3 Å². The molecule has 12 heavy (non-hydrogen) atoms. The fourth-order valence-corrected chi connectivity index (χ4v) is 1.55. The van der Waals surface area contributed by atoms with E-state index in [0.29, 0.717) is 0 Å². The molecule has 2 nitrogen and oxygen atoms in total. The summed E-state index contributed by atoms with van der Waals surface area (Å²) in [7, 11) is 0. The van der Waals surface area contributed by atoms with Gasteiger partial charge in [-0.2, -0.15) is 0 Å². The van der Waals surface area contributed by atoms with Crippen LogP contribution in [0.25, 0.3) is 0 Å². The molecular weight excluding hydrogens is 170 g/mol. The normalized spacial score (nSPS) is 10.3. The summed E-state index contributed by atoms with van der Waals surface area (Å²) >= 11 is 1.61. The van der Waals surface area contributed by atoms with Gasteiger partial charge in [0.2, 0.25) is 5.91 Å². The molecule has 0 saturated carbocycles. The Labute approximate surface area is 76.6 Å². The smallest absolute Gasteiger partial charge is 0.226 e. The molecule has 1 aromatic rings. The third kappa shape index (κ3) is 2.08. The summed E-state index contributed by atoms with van der Waals surface area (Å²) in [6.07, 6.45) is 0. The van der Waals surface area contributed by atoms with Crippen molar-refractivity contribution in [2.45, 2.75) is 20.8 Å². The average Bonchev–Trinajstić information content (AvgIpc) is 2.36. The highest BCUT2D eigenvalue weighted by Gasteiger charge is 2.08. The minimum atomic E-state index is 0.0456. The first-order valence-corrected chi connectivity index (χ1v) is 4.89. The van der Waals surface area contributed by atoms with Crippen LogP contribution in [0.15, 0.2) is 10.8 Å². The zero-order valence-electron chi connectivity index (χ0n) is 7.55. The number of rotatable bonds is 2. The van der Waals surface area contributed by atoms with E-state index in [0.717, 1.165) is 11.3 Å². The van der Waals surface area contributed by atoms with Crippen molar-refractivity contribution in [2.75, 3.05) is 5.32 Å².